The average Bonchev–Trinajstić information content (AvgIpc) is 0.896. The summed E-state index contributed by atoms with van der Waals surface area (Å²) in [5.74, 6) is -4.31. The molecule has 488 valence electrons. The Hall–Kier alpha value is -7.63. The summed E-state index contributed by atoms with van der Waals surface area (Å²) < 4.78 is 216. The number of aromatic nitrogens is 6. The van der Waals surface area contributed by atoms with Gasteiger partial charge in [-0.25, -0.2) is 13.2 Å². The van der Waals surface area contributed by atoms with Crippen LogP contribution in [0.2, 0.25) is 0 Å². The molecule has 9 rings (SSSR count). The standard InChI is InChI=1S/C68H72F12N6O5/c1-36-13-14-43(69)24-50(36)59(7,8)62(65(89,68(78,79)80)30-54-39(4)48-19-20-81-31-55(48)86-54,32-60(9,51-25-44(70)15-17-56(51)90-11)34-63(87,66(72,73)74)28-46-23-42-21-37(2)83-41(6)58(42)85-46)33-61(10,52-26-45(71)16-18-57(52)91-12)35-64(88,67(75,76)77)29-47-27-49-40(5)82-38(3)22-53(49)84-47/h13-27,31,84-89H,28-30,32-35H2,1-12H3. The fourth-order valence-corrected chi connectivity index (χ4v) is 14.9. The van der Waals surface area contributed by atoms with E-state index in [9.17, 15) is 15.3 Å². The molecule has 6 aromatic heterocycles. The van der Waals surface area contributed by atoms with Gasteiger partial charge in [-0.05, 0) is 179 Å². The SMILES string of the molecule is COc1ccc(F)cc1C(C)(CC(O)(Cc1cc2c(C)nc(C)cc2[nH]1)C(F)(F)F)CC(CC(C)(CC(O)(Cc1cc2cc(C)nc(C)c2[nH]1)C(F)(F)F)c1cc(F)ccc1OC)(C(C)(C)c1cc(F)ccc1C)C(O)(Cc1[nH]c2cnccc2c1C)C(F)(F)F. The van der Waals surface area contributed by atoms with Gasteiger partial charge >= 0.3 is 18.5 Å². The molecule has 9 aromatic rings. The molecule has 3 aromatic carbocycles. The van der Waals surface area contributed by atoms with Gasteiger partial charge in [-0.2, -0.15) is 39.5 Å². The molecule has 6 unspecified atom stereocenters. The van der Waals surface area contributed by atoms with Gasteiger partial charge in [-0.1, -0.05) is 33.8 Å². The quantitative estimate of drug-likeness (QED) is 0.0387. The van der Waals surface area contributed by atoms with Crippen LogP contribution in [0.25, 0.3) is 32.7 Å². The van der Waals surface area contributed by atoms with Crippen LogP contribution >= 0.6 is 0 Å². The van der Waals surface area contributed by atoms with Crippen LogP contribution in [-0.4, -0.2) is 94.8 Å². The summed E-state index contributed by atoms with van der Waals surface area (Å²) in [6, 6.07) is 15.3. The number of hydrogen-bond donors (Lipinski definition) is 6. The summed E-state index contributed by atoms with van der Waals surface area (Å²) in [5.41, 5.74) is -24.6. The van der Waals surface area contributed by atoms with Crippen LogP contribution in [0.1, 0.15) is 121 Å². The van der Waals surface area contributed by atoms with Crippen molar-refractivity contribution < 1.29 is 77.5 Å². The normalized spacial score (nSPS) is 16.9. The van der Waals surface area contributed by atoms with Gasteiger partial charge in [-0.3, -0.25) is 15.0 Å². The first-order valence-electron chi connectivity index (χ1n) is 29.2. The molecule has 0 saturated heterocycles. The first kappa shape index (κ1) is 67.8. The molecule has 6 atom stereocenters. The lowest BCUT2D eigenvalue weighted by Crippen LogP contribution is -2.70. The number of aliphatic hydroxyl groups is 3. The lowest BCUT2D eigenvalue weighted by atomic mass is 9.43. The number of methoxy groups -OCH3 is 2. The Labute approximate surface area is 517 Å². The number of ether oxygens (including phenoxy) is 2. The highest BCUT2D eigenvalue weighted by Crippen LogP contribution is 2.68. The number of halogens is 12. The molecule has 0 radical (unpaired) electrons. The van der Waals surface area contributed by atoms with Gasteiger partial charge in [0.05, 0.1) is 37.1 Å². The van der Waals surface area contributed by atoms with Crippen LogP contribution in [0.4, 0.5) is 52.7 Å². The van der Waals surface area contributed by atoms with E-state index in [1.807, 2.05) is 0 Å². The maximum absolute atomic E-state index is 18.2. The van der Waals surface area contributed by atoms with Crippen molar-refractivity contribution in [3.05, 3.63) is 182 Å². The molecule has 23 heteroatoms. The fraction of sp³-hybridized carbons (Fsp3) is 0.426. The monoisotopic (exact) mass is 1280 g/mol. The van der Waals surface area contributed by atoms with Crippen LogP contribution in [-0.2, 0) is 35.5 Å². The molecule has 6 heterocycles. The maximum Gasteiger partial charge on any atom is 0.418 e. The third kappa shape index (κ3) is 12.3. The third-order valence-corrected chi connectivity index (χ3v) is 19.1. The summed E-state index contributed by atoms with van der Waals surface area (Å²) >= 11 is 0. The predicted molar refractivity (Wildman–Crippen MR) is 322 cm³/mol. The Morgan fingerprint density at radius 3 is 1.49 bits per heavy atom. The summed E-state index contributed by atoms with van der Waals surface area (Å²) in [6.07, 6.45) is -25.9. The second-order valence-electron chi connectivity index (χ2n) is 26.0. The number of H-pyrrole nitrogens is 3. The van der Waals surface area contributed by atoms with Crippen molar-refractivity contribution in [2.24, 2.45) is 5.41 Å². The van der Waals surface area contributed by atoms with Gasteiger partial charge in [0.2, 0.25) is 0 Å². The van der Waals surface area contributed by atoms with Crippen molar-refractivity contribution in [1.29, 1.82) is 0 Å². The molecule has 6 N–H and O–H groups in total. The second-order valence-corrected chi connectivity index (χ2v) is 26.0. The molecule has 0 spiro atoms. The van der Waals surface area contributed by atoms with Crippen LogP contribution in [0.5, 0.6) is 11.5 Å². The molecule has 91 heavy (non-hydrogen) atoms. The lowest BCUT2D eigenvalue weighted by molar-refractivity contribution is -0.325. The Kier molecular flexibility index (Phi) is 17.5. The smallest absolute Gasteiger partial charge is 0.418 e. The minimum Gasteiger partial charge on any atom is -0.496 e. The topological polar surface area (TPSA) is 165 Å². The minimum absolute atomic E-state index is 0.0134. The molecule has 0 fully saturated rings. The minimum atomic E-state index is -6.09. The number of alkyl halides is 9. The van der Waals surface area contributed by atoms with Crippen LogP contribution in [0, 0.1) is 64.4 Å². The number of rotatable bonds is 21. The highest BCUT2D eigenvalue weighted by atomic mass is 19.4. The van der Waals surface area contributed by atoms with Crippen molar-refractivity contribution in [2.45, 2.75) is 166 Å². The summed E-state index contributed by atoms with van der Waals surface area (Å²) in [6.45, 7) is 13.5. The van der Waals surface area contributed by atoms with E-state index >= 15 is 52.7 Å². The number of hydrogen-bond acceptors (Lipinski definition) is 8. The predicted octanol–water partition coefficient (Wildman–Crippen LogP) is 15.9. The second kappa shape index (κ2) is 23.5. The van der Waals surface area contributed by atoms with E-state index < -0.39 is 142 Å². The van der Waals surface area contributed by atoms with Crippen molar-refractivity contribution >= 4 is 32.7 Å². The molecule has 0 bridgehead atoms. The lowest BCUT2D eigenvalue weighted by Gasteiger charge is -2.62. The van der Waals surface area contributed by atoms with Gasteiger partial charge in [-0.15, -0.1) is 0 Å². The van der Waals surface area contributed by atoms with Crippen LogP contribution in [0.15, 0.2) is 97.3 Å². The third-order valence-electron chi connectivity index (χ3n) is 19.1. The Bertz CT molecular complexity index is 4030. The molecule has 11 nitrogen and oxygen atoms in total. The Morgan fingerprint density at radius 1 is 0.495 bits per heavy atom. The van der Waals surface area contributed by atoms with E-state index in [2.05, 4.69) is 29.9 Å². The Balaban J connectivity index is 1.46. The first-order chi connectivity index (χ1) is 42.1. The van der Waals surface area contributed by atoms with Crippen LogP contribution in [0.3, 0.4) is 0 Å². The fourth-order valence-electron chi connectivity index (χ4n) is 14.9. The summed E-state index contributed by atoms with van der Waals surface area (Å²) in [5, 5.41) is 41.2. The van der Waals surface area contributed by atoms with E-state index in [-0.39, 0.29) is 44.8 Å². The number of nitrogens with one attached hydrogen (secondary N) is 3. The van der Waals surface area contributed by atoms with Gasteiger partial charge < -0.3 is 39.7 Å². The van der Waals surface area contributed by atoms with E-state index in [4.69, 9.17) is 9.47 Å². The van der Waals surface area contributed by atoms with Crippen molar-refractivity contribution in [3.8, 4) is 11.5 Å². The largest absolute Gasteiger partial charge is 0.496 e. The van der Waals surface area contributed by atoms with Gasteiger partial charge in [0.15, 0.2) is 16.8 Å². The summed E-state index contributed by atoms with van der Waals surface area (Å²) in [7, 11) is 2.08. The van der Waals surface area contributed by atoms with Crippen molar-refractivity contribution in [2.75, 3.05) is 14.2 Å². The van der Waals surface area contributed by atoms with E-state index in [1.54, 1.807) is 33.8 Å². The number of pyridine rings is 3. The van der Waals surface area contributed by atoms with Gasteiger partial charge in [0.25, 0.3) is 0 Å². The van der Waals surface area contributed by atoms with Gasteiger partial charge in [0.1, 0.15) is 29.0 Å². The molecular formula is C68H72F12N6O5. The zero-order chi connectivity index (χ0) is 67.2. The molecule has 0 amide bonds. The van der Waals surface area contributed by atoms with E-state index in [0.717, 1.165) is 78.3 Å². The van der Waals surface area contributed by atoms with Crippen molar-refractivity contribution in [3.63, 3.8) is 0 Å². The molecule has 0 aliphatic rings. The highest BCUT2D eigenvalue weighted by molar-refractivity contribution is 5.84. The number of fused-ring (bicyclic) bond motifs is 3. The zero-order valence-corrected chi connectivity index (χ0v) is 52.2. The average molecular weight is 1280 g/mol. The molecule has 0 aliphatic carbocycles. The van der Waals surface area contributed by atoms with Gasteiger partial charge in [0, 0.05) is 97.8 Å². The number of benzene rings is 3. The highest BCUT2D eigenvalue weighted by Gasteiger charge is 2.74. The number of nitrogens with zero attached hydrogens (tertiary/aromatic N) is 3. The van der Waals surface area contributed by atoms with E-state index in [0.29, 0.717) is 56.6 Å². The number of aromatic amines is 3. The molecular weight excluding hydrogens is 1210 g/mol. The van der Waals surface area contributed by atoms with Crippen molar-refractivity contribution in [1.82, 2.24) is 29.9 Å². The number of aryl methyl sites for hydroxylation is 6. The summed E-state index contributed by atoms with van der Waals surface area (Å²) in [4.78, 5) is 21.6. The maximum atomic E-state index is 18.2. The molecule has 0 saturated carbocycles. The molecule has 0 aliphatic heterocycles. The van der Waals surface area contributed by atoms with Crippen LogP contribution < -0.4 is 9.47 Å². The van der Waals surface area contributed by atoms with E-state index in [1.165, 1.54) is 56.6 Å². The first-order valence-corrected chi connectivity index (χ1v) is 29.2. The zero-order valence-electron chi connectivity index (χ0n) is 52.2. The Morgan fingerprint density at radius 2 is 0.989 bits per heavy atom.